The molecule has 0 saturated heterocycles. The van der Waals surface area contributed by atoms with Gasteiger partial charge in [0.05, 0.1) is 12.8 Å². The fourth-order valence-corrected chi connectivity index (χ4v) is 2.29. The van der Waals surface area contributed by atoms with Crippen LogP contribution in [0.3, 0.4) is 0 Å². The number of hydrogen-bond acceptors (Lipinski definition) is 3. The van der Waals surface area contributed by atoms with Crippen LogP contribution in [-0.4, -0.2) is 16.4 Å². The fourth-order valence-electron chi connectivity index (χ4n) is 2.29. The van der Waals surface area contributed by atoms with Gasteiger partial charge in [-0.15, -0.1) is 0 Å². The Hall–Kier alpha value is -1.81. The molecule has 0 bridgehead atoms. The first kappa shape index (κ1) is 16.6. The average molecular weight is 301 g/mol. The molecule has 1 aromatic carbocycles. The van der Waals surface area contributed by atoms with Crippen LogP contribution < -0.4 is 10.1 Å². The number of nitrogens with zero attached hydrogens (tertiary/aromatic N) is 2. The molecule has 1 unspecified atom stereocenters. The molecule has 22 heavy (non-hydrogen) atoms. The molecule has 2 rings (SSSR count). The molecule has 0 amide bonds. The molecule has 0 aliphatic heterocycles. The van der Waals surface area contributed by atoms with Crippen molar-refractivity contribution >= 4 is 0 Å². The average Bonchev–Trinajstić information content (AvgIpc) is 2.83. The van der Waals surface area contributed by atoms with E-state index in [2.05, 4.69) is 50.2 Å². The van der Waals surface area contributed by atoms with Crippen molar-refractivity contribution in [1.82, 2.24) is 15.1 Å². The van der Waals surface area contributed by atoms with E-state index in [0.717, 1.165) is 18.9 Å². The first-order valence-electron chi connectivity index (χ1n) is 7.91. The highest BCUT2D eigenvalue weighted by Gasteiger charge is 2.11. The van der Waals surface area contributed by atoms with Gasteiger partial charge in [0, 0.05) is 30.9 Å². The monoisotopic (exact) mass is 301 g/mol. The molecular weight excluding hydrogens is 274 g/mol. The van der Waals surface area contributed by atoms with Gasteiger partial charge in [-0.2, -0.15) is 5.10 Å². The zero-order valence-corrected chi connectivity index (χ0v) is 14.3. The molecule has 1 atom stereocenters. The summed E-state index contributed by atoms with van der Waals surface area (Å²) in [6.07, 6.45) is 1.94. The number of benzene rings is 1. The third kappa shape index (κ3) is 4.34. The van der Waals surface area contributed by atoms with Crippen LogP contribution in [0, 0.1) is 12.8 Å². The lowest BCUT2D eigenvalue weighted by molar-refractivity contribution is 0.271. The molecule has 4 heteroatoms. The lowest BCUT2D eigenvalue weighted by atomic mass is 10.1. The summed E-state index contributed by atoms with van der Waals surface area (Å²) in [6, 6.07) is 8.60. The van der Waals surface area contributed by atoms with Crippen molar-refractivity contribution in [2.45, 2.75) is 40.3 Å². The van der Waals surface area contributed by atoms with E-state index in [1.807, 2.05) is 30.1 Å². The Balaban J connectivity index is 1.87. The van der Waals surface area contributed by atoms with Crippen LogP contribution in [0.1, 0.15) is 43.6 Å². The Morgan fingerprint density at radius 3 is 2.41 bits per heavy atom. The molecule has 120 valence electrons. The highest BCUT2D eigenvalue weighted by atomic mass is 16.5. The Morgan fingerprint density at radius 1 is 1.18 bits per heavy atom. The quantitative estimate of drug-likeness (QED) is 0.849. The first-order chi connectivity index (χ1) is 10.5. The second kappa shape index (κ2) is 7.45. The first-order valence-corrected chi connectivity index (χ1v) is 7.91. The van der Waals surface area contributed by atoms with E-state index < -0.39 is 0 Å². The van der Waals surface area contributed by atoms with Gasteiger partial charge in [-0.1, -0.05) is 26.0 Å². The molecule has 0 aliphatic carbocycles. The maximum Gasteiger partial charge on any atom is 0.119 e. The van der Waals surface area contributed by atoms with E-state index in [1.54, 1.807) is 0 Å². The summed E-state index contributed by atoms with van der Waals surface area (Å²) in [7, 11) is 1.97. The second-order valence-electron chi connectivity index (χ2n) is 6.26. The molecule has 0 fully saturated rings. The standard InChI is InChI=1S/C18H27N3O/c1-13(2)12-22-17-8-6-16(7-9-17)10-19-14(3)18-11-20-21(5)15(18)4/h6-9,11,13-14,19H,10,12H2,1-5H3. The fraction of sp³-hybridized carbons (Fsp3) is 0.500. The summed E-state index contributed by atoms with van der Waals surface area (Å²) in [5.41, 5.74) is 3.71. The lowest BCUT2D eigenvalue weighted by Gasteiger charge is -2.14. The third-order valence-electron chi connectivity index (χ3n) is 3.86. The number of ether oxygens (including phenoxy) is 1. The summed E-state index contributed by atoms with van der Waals surface area (Å²) in [4.78, 5) is 0. The normalized spacial score (nSPS) is 12.6. The van der Waals surface area contributed by atoms with Gasteiger partial charge in [0.2, 0.25) is 0 Å². The minimum absolute atomic E-state index is 0.283. The molecule has 1 heterocycles. The smallest absolute Gasteiger partial charge is 0.119 e. The minimum atomic E-state index is 0.283. The molecule has 0 aliphatic rings. The molecule has 0 saturated carbocycles. The maximum atomic E-state index is 5.70. The van der Waals surface area contributed by atoms with Gasteiger partial charge in [0.15, 0.2) is 0 Å². The van der Waals surface area contributed by atoms with E-state index in [-0.39, 0.29) is 6.04 Å². The maximum absolute atomic E-state index is 5.70. The molecule has 1 aromatic heterocycles. The van der Waals surface area contributed by atoms with Gasteiger partial charge < -0.3 is 10.1 Å². The Bertz CT molecular complexity index is 587. The van der Waals surface area contributed by atoms with E-state index >= 15 is 0 Å². The van der Waals surface area contributed by atoms with Crippen LogP contribution in [0.25, 0.3) is 0 Å². The van der Waals surface area contributed by atoms with E-state index in [4.69, 9.17) is 4.74 Å². The van der Waals surface area contributed by atoms with Crippen molar-refractivity contribution in [2.24, 2.45) is 13.0 Å². The van der Waals surface area contributed by atoms with E-state index in [1.165, 1.54) is 16.8 Å². The van der Waals surface area contributed by atoms with E-state index in [0.29, 0.717) is 5.92 Å². The lowest BCUT2D eigenvalue weighted by Crippen LogP contribution is -2.18. The Morgan fingerprint density at radius 2 is 1.86 bits per heavy atom. The predicted molar refractivity (Wildman–Crippen MR) is 90.0 cm³/mol. The number of rotatable bonds is 7. The summed E-state index contributed by atoms with van der Waals surface area (Å²) < 4.78 is 7.62. The second-order valence-corrected chi connectivity index (χ2v) is 6.26. The number of hydrogen-bond donors (Lipinski definition) is 1. The van der Waals surface area contributed by atoms with Crippen molar-refractivity contribution in [3.8, 4) is 5.75 Å². The van der Waals surface area contributed by atoms with Crippen molar-refractivity contribution in [1.29, 1.82) is 0 Å². The number of nitrogens with one attached hydrogen (secondary N) is 1. The number of aryl methyl sites for hydroxylation is 1. The predicted octanol–water partition coefficient (Wildman–Crippen LogP) is 3.61. The molecule has 1 N–H and O–H groups in total. The zero-order valence-electron chi connectivity index (χ0n) is 14.3. The summed E-state index contributed by atoms with van der Waals surface area (Å²) >= 11 is 0. The summed E-state index contributed by atoms with van der Waals surface area (Å²) in [5.74, 6) is 1.48. The highest BCUT2D eigenvalue weighted by Crippen LogP contribution is 2.18. The van der Waals surface area contributed by atoms with Gasteiger partial charge >= 0.3 is 0 Å². The van der Waals surface area contributed by atoms with Crippen LogP contribution in [0.4, 0.5) is 0 Å². The van der Waals surface area contributed by atoms with Crippen LogP contribution in [0.5, 0.6) is 5.75 Å². The molecular formula is C18H27N3O. The van der Waals surface area contributed by atoms with E-state index in [9.17, 15) is 0 Å². The topological polar surface area (TPSA) is 39.1 Å². The molecule has 0 radical (unpaired) electrons. The van der Waals surface area contributed by atoms with Crippen LogP contribution in [0.15, 0.2) is 30.5 Å². The third-order valence-corrected chi connectivity index (χ3v) is 3.86. The molecule has 0 spiro atoms. The SMILES string of the molecule is Cc1c(C(C)NCc2ccc(OCC(C)C)cc2)cnn1C. The Kier molecular flexibility index (Phi) is 5.61. The van der Waals surface area contributed by atoms with Gasteiger partial charge in [-0.3, -0.25) is 4.68 Å². The van der Waals surface area contributed by atoms with Crippen molar-refractivity contribution in [3.05, 3.63) is 47.3 Å². The Labute approximate surface area is 133 Å². The summed E-state index contributed by atoms with van der Waals surface area (Å²) in [5, 5.41) is 7.84. The molecule has 4 nitrogen and oxygen atoms in total. The van der Waals surface area contributed by atoms with Crippen molar-refractivity contribution < 1.29 is 4.74 Å². The van der Waals surface area contributed by atoms with Gasteiger partial charge in [-0.05, 0) is 37.5 Å². The van der Waals surface area contributed by atoms with Crippen LogP contribution in [0.2, 0.25) is 0 Å². The zero-order chi connectivity index (χ0) is 16.1. The largest absolute Gasteiger partial charge is 0.493 e. The van der Waals surface area contributed by atoms with Gasteiger partial charge in [-0.25, -0.2) is 0 Å². The number of aromatic nitrogens is 2. The van der Waals surface area contributed by atoms with Crippen molar-refractivity contribution in [2.75, 3.05) is 6.61 Å². The van der Waals surface area contributed by atoms with Gasteiger partial charge in [0.1, 0.15) is 5.75 Å². The van der Waals surface area contributed by atoms with Crippen LogP contribution >= 0.6 is 0 Å². The van der Waals surface area contributed by atoms with Crippen molar-refractivity contribution in [3.63, 3.8) is 0 Å². The minimum Gasteiger partial charge on any atom is -0.493 e. The summed E-state index contributed by atoms with van der Waals surface area (Å²) in [6.45, 7) is 10.2. The van der Waals surface area contributed by atoms with Gasteiger partial charge in [0.25, 0.3) is 0 Å². The highest BCUT2D eigenvalue weighted by molar-refractivity contribution is 5.27. The molecule has 2 aromatic rings. The van der Waals surface area contributed by atoms with Crippen LogP contribution in [-0.2, 0) is 13.6 Å².